The number of nitrogens with zero attached hydrogens (tertiary/aromatic N) is 2. The number of ether oxygens (including phenoxy) is 2. The number of hydrogen-bond donors (Lipinski definition) is 1. The van der Waals surface area contributed by atoms with Gasteiger partial charge >= 0.3 is 5.97 Å². The van der Waals surface area contributed by atoms with Gasteiger partial charge in [-0.1, -0.05) is 12.1 Å². The van der Waals surface area contributed by atoms with E-state index in [0.717, 1.165) is 5.56 Å². The molecule has 2 N–H and O–H groups in total. The van der Waals surface area contributed by atoms with Gasteiger partial charge in [0.15, 0.2) is 0 Å². The summed E-state index contributed by atoms with van der Waals surface area (Å²) in [4.78, 5) is 20.5. The van der Waals surface area contributed by atoms with E-state index in [-0.39, 0.29) is 12.6 Å². The Labute approximate surface area is 129 Å². The summed E-state index contributed by atoms with van der Waals surface area (Å²) in [5.41, 5.74) is 7.72. The fourth-order valence-corrected chi connectivity index (χ4v) is 2.15. The van der Waals surface area contributed by atoms with Gasteiger partial charge in [-0.3, -0.25) is 0 Å². The van der Waals surface area contributed by atoms with Gasteiger partial charge in [-0.15, -0.1) is 0 Å². The second kappa shape index (κ2) is 6.89. The largest absolute Gasteiger partial charge is 0.494 e. The van der Waals surface area contributed by atoms with E-state index in [1.165, 1.54) is 0 Å². The normalized spacial score (nSPS) is 10.3. The molecule has 1 aromatic carbocycles. The van der Waals surface area contributed by atoms with Gasteiger partial charge in [0.2, 0.25) is 5.95 Å². The van der Waals surface area contributed by atoms with Gasteiger partial charge < -0.3 is 15.2 Å². The maximum Gasteiger partial charge on any atom is 0.342 e. The molecule has 0 saturated carbocycles. The first-order valence-corrected chi connectivity index (χ1v) is 7.11. The smallest absolute Gasteiger partial charge is 0.342 e. The highest BCUT2D eigenvalue weighted by Gasteiger charge is 2.20. The van der Waals surface area contributed by atoms with E-state index in [4.69, 9.17) is 15.2 Å². The summed E-state index contributed by atoms with van der Waals surface area (Å²) in [5.74, 6) is 0.351. The number of carbonyl (C=O) groups is 1. The zero-order valence-electron chi connectivity index (χ0n) is 12.9. The number of aromatic nitrogens is 2. The molecule has 0 radical (unpaired) electrons. The topological polar surface area (TPSA) is 87.3 Å². The highest BCUT2D eigenvalue weighted by Crippen LogP contribution is 2.28. The molecule has 0 fully saturated rings. The first kappa shape index (κ1) is 15.8. The van der Waals surface area contributed by atoms with Crippen molar-refractivity contribution in [3.05, 3.63) is 35.5 Å². The highest BCUT2D eigenvalue weighted by atomic mass is 16.5. The van der Waals surface area contributed by atoms with Gasteiger partial charge in [0, 0.05) is 5.56 Å². The van der Waals surface area contributed by atoms with Crippen LogP contribution in [0, 0.1) is 6.92 Å². The summed E-state index contributed by atoms with van der Waals surface area (Å²) in [6, 6.07) is 7.33. The molecule has 116 valence electrons. The fraction of sp³-hybridized carbons (Fsp3) is 0.312. The number of nitrogen functional groups attached to an aromatic ring is 1. The van der Waals surface area contributed by atoms with Crippen LogP contribution >= 0.6 is 0 Å². The van der Waals surface area contributed by atoms with Crippen LogP contribution in [0.5, 0.6) is 5.75 Å². The van der Waals surface area contributed by atoms with E-state index < -0.39 is 5.97 Å². The lowest BCUT2D eigenvalue weighted by Crippen LogP contribution is -2.13. The van der Waals surface area contributed by atoms with Crippen LogP contribution in [0.25, 0.3) is 11.3 Å². The number of aryl methyl sites for hydroxylation is 1. The summed E-state index contributed by atoms with van der Waals surface area (Å²) >= 11 is 0. The first-order valence-electron chi connectivity index (χ1n) is 7.11. The number of nitrogens with two attached hydrogens (primary N) is 1. The predicted octanol–water partition coefficient (Wildman–Crippen LogP) is 2.61. The third-order valence-electron chi connectivity index (χ3n) is 3.01. The Balaban J connectivity index is 2.58. The molecular weight excluding hydrogens is 282 g/mol. The zero-order chi connectivity index (χ0) is 16.1. The van der Waals surface area contributed by atoms with Crippen molar-refractivity contribution in [2.75, 3.05) is 18.9 Å². The molecule has 0 spiro atoms. The minimum atomic E-state index is -0.461. The molecule has 0 aliphatic rings. The van der Waals surface area contributed by atoms with Gasteiger partial charge in [0.05, 0.1) is 24.6 Å². The molecule has 2 rings (SSSR count). The number of rotatable bonds is 5. The van der Waals surface area contributed by atoms with E-state index in [1.54, 1.807) is 13.8 Å². The van der Waals surface area contributed by atoms with E-state index in [1.807, 2.05) is 31.2 Å². The number of esters is 1. The molecule has 1 heterocycles. The molecule has 0 amide bonds. The summed E-state index contributed by atoms with van der Waals surface area (Å²) in [7, 11) is 0. The minimum Gasteiger partial charge on any atom is -0.494 e. The zero-order valence-corrected chi connectivity index (χ0v) is 12.9. The first-order chi connectivity index (χ1) is 10.6. The van der Waals surface area contributed by atoms with E-state index in [0.29, 0.717) is 29.3 Å². The molecule has 0 aliphatic carbocycles. The van der Waals surface area contributed by atoms with Crippen LogP contribution in [0.1, 0.15) is 29.9 Å². The summed E-state index contributed by atoms with van der Waals surface area (Å²) < 4.78 is 10.6. The van der Waals surface area contributed by atoms with Crippen LogP contribution < -0.4 is 10.5 Å². The van der Waals surface area contributed by atoms with Crippen LogP contribution in [0.2, 0.25) is 0 Å². The number of hydrogen-bond acceptors (Lipinski definition) is 6. The van der Waals surface area contributed by atoms with Crippen molar-refractivity contribution < 1.29 is 14.3 Å². The Morgan fingerprint density at radius 2 is 2.00 bits per heavy atom. The SMILES string of the molecule is CCOC(=O)c1c(C)nc(N)nc1-c1cccc(OCC)c1. The summed E-state index contributed by atoms with van der Waals surface area (Å²) in [5, 5.41) is 0. The highest BCUT2D eigenvalue weighted by molar-refractivity contribution is 5.97. The van der Waals surface area contributed by atoms with Gasteiger partial charge in [-0.2, -0.15) is 0 Å². The van der Waals surface area contributed by atoms with Crippen molar-refractivity contribution in [2.24, 2.45) is 0 Å². The quantitative estimate of drug-likeness (QED) is 0.854. The Morgan fingerprint density at radius 1 is 1.23 bits per heavy atom. The van der Waals surface area contributed by atoms with E-state index in [2.05, 4.69) is 9.97 Å². The number of carbonyl (C=O) groups excluding carboxylic acids is 1. The molecule has 0 aliphatic heterocycles. The second-order valence-corrected chi connectivity index (χ2v) is 4.57. The summed E-state index contributed by atoms with van der Waals surface area (Å²) in [6.45, 7) is 6.20. The second-order valence-electron chi connectivity index (χ2n) is 4.57. The third-order valence-corrected chi connectivity index (χ3v) is 3.01. The lowest BCUT2D eigenvalue weighted by atomic mass is 10.0. The monoisotopic (exact) mass is 301 g/mol. The van der Waals surface area contributed by atoms with Crippen molar-refractivity contribution in [3.8, 4) is 17.0 Å². The third kappa shape index (κ3) is 3.33. The molecule has 6 heteroatoms. The van der Waals surface area contributed by atoms with Gasteiger partial charge in [0.1, 0.15) is 11.3 Å². The maximum atomic E-state index is 12.2. The Bertz CT molecular complexity index is 686. The predicted molar refractivity (Wildman–Crippen MR) is 83.7 cm³/mol. The molecule has 22 heavy (non-hydrogen) atoms. The maximum absolute atomic E-state index is 12.2. The van der Waals surface area contributed by atoms with Crippen molar-refractivity contribution in [1.82, 2.24) is 9.97 Å². The van der Waals surface area contributed by atoms with E-state index >= 15 is 0 Å². The standard InChI is InChI=1S/C16H19N3O3/c1-4-21-12-8-6-7-11(9-12)14-13(15(20)22-5-2)10(3)18-16(17)19-14/h6-9H,4-5H2,1-3H3,(H2,17,18,19). The molecule has 0 saturated heterocycles. The fourth-order valence-electron chi connectivity index (χ4n) is 2.15. The Hall–Kier alpha value is -2.63. The van der Waals surface area contributed by atoms with Gasteiger partial charge in [-0.05, 0) is 32.9 Å². The molecule has 0 bridgehead atoms. The molecule has 1 aromatic heterocycles. The van der Waals surface area contributed by atoms with Crippen molar-refractivity contribution in [3.63, 3.8) is 0 Å². The number of benzene rings is 1. The Kier molecular flexibility index (Phi) is 4.93. The van der Waals surface area contributed by atoms with Crippen LogP contribution in [0.3, 0.4) is 0 Å². The van der Waals surface area contributed by atoms with E-state index in [9.17, 15) is 4.79 Å². The van der Waals surface area contributed by atoms with Crippen LogP contribution in [-0.2, 0) is 4.74 Å². The number of anilines is 1. The van der Waals surface area contributed by atoms with Gasteiger partial charge in [-0.25, -0.2) is 14.8 Å². The Morgan fingerprint density at radius 3 is 2.68 bits per heavy atom. The van der Waals surface area contributed by atoms with Crippen LogP contribution in [0.4, 0.5) is 5.95 Å². The minimum absolute atomic E-state index is 0.113. The van der Waals surface area contributed by atoms with Crippen LogP contribution in [-0.4, -0.2) is 29.2 Å². The van der Waals surface area contributed by atoms with Crippen molar-refractivity contribution >= 4 is 11.9 Å². The molecule has 6 nitrogen and oxygen atoms in total. The van der Waals surface area contributed by atoms with Crippen LogP contribution in [0.15, 0.2) is 24.3 Å². The lowest BCUT2D eigenvalue weighted by molar-refractivity contribution is 0.0525. The molecule has 0 atom stereocenters. The average Bonchev–Trinajstić information content (AvgIpc) is 2.47. The summed E-state index contributed by atoms with van der Waals surface area (Å²) in [6.07, 6.45) is 0. The lowest BCUT2D eigenvalue weighted by Gasteiger charge is -2.12. The average molecular weight is 301 g/mol. The van der Waals surface area contributed by atoms with Crippen molar-refractivity contribution in [2.45, 2.75) is 20.8 Å². The van der Waals surface area contributed by atoms with Gasteiger partial charge in [0.25, 0.3) is 0 Å². The van der Waals surface area contributed by atoms with Crippen molar-refractivity contribution in [1.29, 1.82) is 0 Å². The molecule has 0 unspecified atom stereocenters. The molecular formula is C16H19N3O3. The molecule has 2 aromatic rings.